The van der Waals surface area contributed by atoms with Gasteiger partial charge in [-0.2, -0.15) is 5.10 Å². The summed E-state index contributed by atoms with van der Waals surface area (Å²) in [5.74, 6) is 0.603. The van der Waals surface area contributed by atoms with Crippen LogP contribution in [0, 0.1) is 0 Å². The Morgan fingerprint density at radius 3 is 2.56 bits per heavy atom. The molecule has 184 valence electrons. The zero-order valence-corrected chi connectivity index (χ0v) is 21.7. The molecule has 0 radical (unpaired) electrons. The second kappa shape index (κ2) is 11.0. The van der Waals surface area contributed by atoms with E-state index in [1.165, 1.54) is 0 Å². The molecule has 7 heteroatoms. The molecule has 0 unspecified atom stereocenters. The molecule has 0 aliphatic heterocycles. The standard InChI is InChI=1S/C27H39N5O2/c1-8-31(9-2)15-11-12-19(3)28-26(33)23-17-22(20-13-10-14-21(16-20)34-7)29-25-18-24(27(4,5)6)30-32(23)25/h10,13-14,16-19H,8-9,11-12,15H2,1-7H3,(H,28,33)/t19-/m0/s1. The van der Waals surface area contributed by atoms with Gasteiger partial charge in [-0.1, -0.05) is 46.8 Å². The van der Waals surface area contributed by atoms with Gasteiger partial charge in [0.1, 0.15) is 11.4 Å². The quantitative estimate of drug-likeness (QED) is 0.459. The van der Waals surface area contributed by atoms with Crippen LogP contribution in [0.2, 0.25) is 0 Å². The highest BCUT2D eigenvalue weighted by molar-refractivity contribution is 5.94. The van der Waals surface area contributed by atoms with E-state index in [0.29, 0.717) is 17.0 Å². The van der Waals surface area contributed by atoms with Crippen molar-refractivity contribution in [2.24, 2.45) is 0 Å². The van der Waals surface area contributed by atoms with Crippen LogP contribution < -0.4 is 10.1 Å². The molecule has 3 rings (SSSR count). The lowest BCUT2D eigenvalue weighted by Crippen LogP contribution is -2.35. The lowest BCUT2D eigenvalue weighted by Gasteiger charge is -2.20. The minimum absolute atomic E-state index is 0.0594. The van der Waals surface area contributed by atoms with E-state index < -0.39 is 0 Å². The van der Waals surface area contributed by atoms with Gasteiger partial charge in [0, 0.05) is 23.1 Å². The number of hydrogen-bond donors (Lipinski definition) is 1. The monoisotopic (exact) mass is 465 g/mol. The van der Waals surface area contributed by atoms with E-state index in [4.69, 9.17) is 14.8 Å². The van der Waals surface area contributed by atoms with Crippen LogP contribution in [0.25, 0.3) is 16.9 Å². The van der Waals surface area contributed by atoms with Crippen LogP contribution in [0.5, 0.6) is 5.75 Å². The number of aromatic nitrogens is 3. The van der Waals surface area contributed by atoms with E-state index in [1.54, 1.807) is 11.6 Å². The lowest BCUT2D eigenvalue weighted by atomic mass is 9.93. The minimum Gasteiger partial charge on any atom is -0.497 e. The van der Waals surface area contributed by atoms with Crippen molar-refractivity contribution >= 4 is 11.6 Å². The van der Waals surface area contributed by atoms with Gasteiger partial charge in [0.05, 0.1) is 18.5 Å². The second-order valence-electron chi connectivity index (χ2n) is 9.85. The first-order valence-electron chi connectivity index (χ1n) is 12.2. The van der Waals surface area contributed by atoms with Crippen LogP contribution in [0.1, 0.15) is 70.6 Å². The zero-order valence-electron chi connectivity index (χ0n) is 21.7. The number of methoxy groups -OCH3 is 1. The van der Waals surface area contributed by atoms with Crippen LogP contribution >= 0.6 is 0 Å². The molecule has 1 aromatic carbocycles. The fourth-order valence-corrected chi connectivity index (χ4v) is 3.96. The number of nitrogens with zero attached hydrogens (tertiary/aromatic N) is 4. The van der Waals surface area contributed by atoms with Gasteiger partial charge in [-0.3, -0.25) is 4.79 Å². The fraction of sp³-hybridized carbons (Fsp3) is 0.519. The highest BCUT2D eigenvalue weighted by Crippen LogP contribution is 2.27. The van der Waals surface area contributed by atoms with Crippen LogP contribution in [-0.2, 0) is 5.41 Å². The number of fused-ring (bicyclic) bond motifs is 1. The van der Waals surface area contributed by atoms with Gasteiger partial charge in [-0.05, 0) is 57.6 Å². The maximum Gasteiger partial charge on any atom is 0.270 e. The molecule has 34 heavy (non-hydrogen) atoms. The normalized spacial score (nSPS) is 12.8. The summed E-state index contributed by atoms with van der Waals surface area (Å²) < 4.78 is 7.05. The van der Waals surface area contributed by atoms with Gasteiger partial charge in [-0.25, -0.2) is 9.50 Å². The predicted molar refractivity (Wildman–Crippen MR) is 138 cm³/mol. The summed E-state index contributed by atoms with van der Waals surface area (Å²) in [6.45, 7) is 15.9. The number of carbonyl (C=O) groups is 1. The first-order chi connectivity index (χ1) is 16.2. The summed E-state index contributed by atoms with van der Waals surface area (Å²) in [5.41, 5.74) is 3.48. The molecule has 2 aromatic heterocycles. The van der Waals surface area contributed by atoms with Crippen molar-refractivity contribution in [3.63, 3.8) is 0 Å². The molecule has 0 aliphatic carbocycles. The number of ether oxygens (including phenoxy) is 1. The number of rotatable bonds is 10. The SMILES string of the molecule is CCN(CC)CCC[C@H](C)NC(=O)c1cc(-c2cccc(OC)c2)nc2cc(C(C)(C)C)nn12. The number of amides is 1. The first kappa shape index (κ1) is 25.7. The molecule has 0 saturated heterocycles. The Bertz CT molecular complexity index is 1110. The highest BCUT2D eigenvalue weighted by atomic mass is 16.5. The summed E-state index contributed by atoms with van der Waals surface area (Å²) in [5, 5.41) is 7.93. The Morgan fingerprint density at radius 1 is 1.18 bits per heavy atom. The van der Waals surface area contributed by atoms with E-state index in [9.17, 15) is 4.79 Å². The summed E-state index contributed by atoms with van der Waals surface area (Å²) in [4.78, 5) is 20.6. The van der Waals surface area contributed by atoms with Gasteiger partial charge in [0.25, 0.3) is 5.91 Å². The van der Waals surface area contributed by atoms with E-state index >= 15 is 0 Å². The zero-order chi connectivity index (χ0) is 24.9. The van der Waals surface area contributed by atoms with Gasteiger partial charge in [-0.15, -0.1) is 0 Å². The Labute approximate surface area is 203 Å². The predicted octanol–water partition coefficient (Wildman–Crippen LogP) is 4.94. The Morgan fingerprint density at radius 2 is 1.91 bits per heavy atom. The molecule has 1 amide bonds. The molecule has 0 aliphatic rings. The fourth-order valence-electron chi connectivity index (χ4n) is 3.96. The van der Waals surface area contributed by atoms with Gasteiger partial charge in [0.2, 0.25) is 0 Å². The summed E-state index contributed by atoms with van der Waals surface area (Å²) in [6.07, 6.45) is 1.96. The van der Waals surface area contributed by atoms with E-state index in [2.05, 4.69) is 51.8 Å². The van der Waals surface area contributed by atoms with Crippen molar-refractivity contribution in [2.75, 3.05) is 26.7 Å². The smallest absolute Gasteiger partial charge is 0.270 e. The van der Waals surface area contributed by atoms with Crippen molar-refractivity contribution in [1.82, 2.24) is 24.8 Å². The van der Waals surface area contributed by atoms with Crippen LogP contribution in [-0.4, -0.2) is 58.2 Å². The van der Waals surface area contributed by atoms with Gasteiger partial charge in [0.15, 0.2) is 5.65 Å². The topological polar surface area (TPSA) is 71.8 Å². The Kier molecular flexibility index (Phi) is 8.31. The highest BCUT2D eigenvalue weighted by Gasteiger charge is 2.23. The third kappa shape index (κ3) is 6.14. The molecular weight excluding hydrogens is 426 g/mol. The number of nitrogens with one attached hydrogen (secondary N) is 1. The van der Waals surface area contributed by atoms with Gasteiger partial charge >= 0.3 is 0 Å². The second-order valence-corrected chi connectivity index (χ2v) is 9.85. The third-order valence-corrected chi connectivity index (χ3v) is 6.18. The third-order valence-electron chi connectivity index (χ3n) is 6.18. The van der Waals surface area contributed by atoms with Crippen LogP contribution in [0.15, 0.2) is 36.4 Å². The molecule has 7 nitrogen and oxygen atoms in total. The largest absolute Gasteiger partial charge is 0.497 e. The molecule has 2 heterocycles. The Hall–Kier alpha value is -2.93. The Balaban J connectivity index is 1.92. The minimum atomic E-state index is -0.157. The maximum atomic E-state index is 13.4. The summed E-state index contributed by atoms with van der Waals surface area (Å²) in [6, 6.07) is 11.6. The van der Waals surface area contributed by atoms with Crippen molar-refractivity contribution < 1.29 is 9.53 Å². The number of carbonyl (C=O) groups excluding carboxylic acids is 1. The molecule has 0 bridgehead atoms. The van der Waals surface area contributed by atoms with Crippen LogP contribution in [0.3, 0.4) is 0 Å². The number of benzene rings is 1. The van der Waals surface area contributed by atoms with Crippen molar-refractivity contribution in [1.29, 1.82) is 0 Å². The molecule has 1 N–H and O–H groups in total. The average Bonchev–Trinajstić information content (AvgIpc) is 3.26. The summed E-state index contributed by atoms with van der Waals surface area (Å²) >= 11 is 0. The van der Waals surface area contributed by atoms with Crippen molar-refractivity contribution in [3.05, 3.63) is 47.8 Å². The molecule has 3 aromatic rings. The first-order valence-corrected chi connectivity index (χ1v) is 12.2. The maximum absolute atomic E-state index is 13.4. The molecular formula is C27H39N5O2. The number of hydrogen-bond acceptors (Lipinski definition) is 5. The lowest BCUT2D eigenvalue weighted by molar-refractivity contribution is 0.0929. The molecule has 1 atom stereocenters. The van der Waals surface area contributed by atoms with Crippen molar-refractivity contribution in [2.45, 2.75) is 65.8 Å². The van der Waals surface area contributed by atoms with Gasteiger partial charge < -0.3 is 15.0 Å². The van der Waals surface area contributed by atoms with E-state index in [-0.39, 0.29) is 17.4 Å². The average molecular weight is 466 g/mol. The van der Waals surface area contributed by atoms with E-state index in [0.717, 1.165) is 49.5 Å². The van der Waals surface area contributed by atoms with E-state index in [1.807, 2.05) is 36.4 Å². The summed E-state index contributed by atoms with van der Waals surface area (Å²) in [7, 11) is 1.64. The molecule has 0 saturated carbocycles. The van der Waals surface area contributed by atoms with Crippen molar-refractivity contribution in [3.8, 4) is 17.0 Å². The molecule has 0 spiro atoms. The van der Waals surface area contributed by atoms with Crippen LogP contribution in [0.4, 0.5) is 0 Å². The molecule has 0 fully saturated rings.